The lowest BCUT2D eigenvalue weighted by Crippen LogP contribution is -2.48. The second kappa shape index (κ2) is 6.36. The Morgan fingerprint density at radius 2 is 1.79 bits per heavy atom. The van der Waals surface area contributed by atoms with Crippen LogP contribution in [0.2, 0.25) is 0 Å². The van der Waals surface area contributed by atoms with Crippen LogP contribution in [0.15, 0.2) is 30.3 Å². The highest BCUT2D eigenvalue weighted by Crippen LogP contribution is 2.22. The van der Waals surface area contributed by atoms with E-state index in [1.807, 2.05) is 37.3 Å². The average molecular weight is 262 g/mol. The number of nitrogens with one attached hydrogen (secondary N) is 1. The highest BCUT2D eigenvalue weighted by molar-refractivity contribution is 6.10. The van der Waals surface area contributed by atoms with Crippen molar-refractivity contribution in [3.05, 3.63) is 30.3 Å². The second-order valence-corrected chi connectivity index (χ2v) is 5.08. The number of hydrogen-bond donors (Lipinski definition) is 1. The molecule has 0 fully saturated rings. The van der Waals surface area contributed by atoms with Crippen molar-refractivity contribution in [2.45, 2.75) is 27.2 Å². The maximum absolute atomic E-state index is 12.4. The van der Waals surface area contributed by atoms with E-state index in [9.17, 15) is 9.59 Å². The first-order valence-electron chi connectivity index (χ1n) is 6.52. The molecule has 2 amide bonds. The van der Waals surface area contributed by atoms with Crippen LogP contribution >= 0.6 is 0 Å². The monoisotopic (exact) mass is 262 g/mol. The average Bonchev–Trinajstić information content (AvgIpc) is 2.43. The van der Waals surface area contributed by atoms with E-state index < -0.39 is 5.41 Å². The molecule has 1 aromatic rings. The van der Waals surface area contributed by atoms with Crippen LogP contribution in [0.1, 0.15) is 27.2 Å². The van der Waals surface area contributed by atoms with Crippen molar-refractivity contribution >= 4 is 17.5 Å². The zero-order valence-electron chi connectivity index (χ0n) is 12.1. The molecule has 0 aromatic heterocycles. The minimum absolute atomic E-state index is 0.215. The molecule has 0 spiro atoms. The number of anilines is 1. The maximum Gasteiger partial charge on any atom is 0.241 e. The lowest BCUT2D eigenvalue weighted by Gasteiger charge is -2.28. The topological polar surface area (TPSA) is 49.4 Å². The summed E-state index contributed by atoms with van der Waals surface area (Å²) in [7, 11) is 1.69. The Hall–Kier alpha value is -1.84. The first-order chi connectivity index (χ1) is 8.91. The fourth-order valence-electron chi connectivity index (χ4n) is 1.74. The summed E-state index contributed by atoms with van der Waals surface area (Å²) in [6.07, 6.45) is 0.852. The molecule has 0 saturated heterocycles. The van der Waals surface area contributed by atoms with Crippen molar-refractivity contribution in [2.24, 2.45) is 5.41 Å². The third-order valence-electron chi connectivity index (χ3n) is 3.09. The number of hydrogen-bond acceptors (Lipinski definition) is 2. The molecule has 0 heterocycles. The Morgan fingerprint density at radius 3 is 2.32 bits per heavy atom. The Balaban J connectivity index is 2.83. The van der Waals surface area contributed by atoms with Crippen molar-refractivity contribution in [1.82, 2.24) is 5.32 Å². The van der Waals surface area contributed by atoms with Crippen molar-refractivity contribution in [2.75, 3.05) is 18.5 Å². The predicted octanol–water partition coefficient (Wildman–Crippen LogP) is 2.20. The highest BCUT2D eigenvalue weighted by Gasteiger charge is 2.38. The largest absolute Gasteiger partial charge is 0.355 e. The smallest absolute Gasteiger partial charge is 0.241 e. The van der Waals surface area contributed by atoms with Gasteiger partial charge in [0.15, 0.2) is 0 Å². The number of rotatable bonds is 5. The summed E-state index contributed by atoms with van der Waals surface area (Å²) in [5.41, 5.74) is -0.288. The summed E-state index contributed by atoms with van der Waals surface area (Å²) >= 11 is 0. The van der Waals surface area contributed by atoms with Gasteiger partial charge in [0.05, 0.1) is 0 Å². The third-order valence-corrected chi connectivity index (χ3v) is 3.09. The molecule has 0 aliphatic rings. The first kappa shape index (κ1) is 15.2. The molecule has 4 heteroatoms. The van der Waals surface area contributed by atoms with Gasteiger partial charge in [-0.05, 0) is 32.4 Å². The van der Waals surface area contributed by atoms with E-state index in [0.717, 1.165) is 12.1 Å². The summed E-state index contributed by atoms with van der Waals surface area (Å²) in [4.78, 5) is 26.0. The van der Waals surface area contributed by atoms with E-state index in [1.54, 1.807) is 20.9 Å². The van der Waals surface area contributed by atoms with Crippen LogP contribution in [-0.2, 0) is 9.59 Å². The van der Waals surface area contributed by atoms with Crippen LogP contribution in [-0.4, -0.2) is 25.4 Å². The van der Waals surface area contributed by atoms with Gasteiger partial charge in [-0.2, -0.15) is 0 Å². The van der Waals surface area contributed by atoms with Gasteiger partial charge in [-0.25, -0.2) is 0 Å². The van der Waals surface area contributed by atoms with E-state index in [4.69, 9.17) is 0 Å². The van der Waals surface area contributed by atoms with Gasteiger partial charge in [0.2, 0.25) is 11.8 Å². The van der Waals surface area contributed by atoms with E-state index in [2.05, 4.69) is 5.32 Å². The number of para-hydroxylation sites is 1. The maximum atomic E-state index is 12.4. The summed E-state index contributed by atoms with van der Waals surface area (Å²) in [6.45, 7) is 5.87. The zero-order chi connectivity index (χ0) is 14.5. The van der Waals surface area contributed by atoms with Crippen LogP contribution in [0.4, 0.5) is 5.69 Å². The van der Waals surface area contributed by atoms with Gasteiger partial charge >= 0.3 is 0 Å². The molecule has 104 valence electrons. The second-order valence-electron chi connectivity index (χ2n) is 5.08. The van der Waals surface area contributed by atoms with Crippen LogP contribution in [0.3, 0.4) is 0 Å². The standard InChI is InChI=1S/C15H22N2O2/c1-5-11-16-13(18)15(2,3)14(19)17(4)12-9-7-6-8-10-12/h6-10H,5,11H2,1-4H3,(H,16,18). The van der Waals surface area contributed by atoms with Crippen LogP contribution in [0.5, 0.6) is 0 Å². The molecular formula is C15H22N2O2. The Kier molecular flexibility index (Phi) is 5.10. The number of carbonyl (C=O) groups excluding carboxylic acids is 2. The summed E-state index contributed by atoms with van der Waals surface area (Å²) in [5, 5.41) is 2.77. The normalized spacial score (nSPS) is 10.9. The van der Waals surface area contributed by atoms with Crippen LogP contribution in [0.25, 0.3) is 0 Å². The predicted molar refractivity (Wildman–Crippen MR) is 76.9 cm³/mol. The van der Waals surface area contributed by atoms with Gasteiger partial charge in [0.25, 0.3) is 0 Å². The molecular weight excluding hydrogens is 240 g/mol. The quantitative estimate of drug-likeness (QED) is 0.827. The number of carbonyl (C=O) groups is 2. The van der Waals surface area contributed by atoms with Crippen molar-refractivity contribution < 1.29 is 9.59 Å². The molecule has 1 N–H and O–H groups in total. The molecule has 19 heavy (non-hydrogen) atoms. The third kappa shape index (κ3) is 3.56. The Bertz CT molecular complexity index is 441. The van der Waals surface area contributed by atoms with E-state index in [-0.39, 0.29) is 11.8 Å². The van der Waals surface area contributed by atoms with Gasteiger partial charge < -0.3 is 10.2 Å². The molecule has 4 nitrogen and oxygen atoms in total. The molecule has 0 aliphatic heterocycles. The lowest BCUT2D eigenvalue weighted by atomic mass is 9.90. The molecule has 0 aliphatic carbocycles. The molecule has 0 saturated carbocycles. The van der Waals surface area contributed by atoms with Crippen molar-refractivity contribution in [1.29, 1.82) is 0 Å². The van der Waals surface area contributed by atoms with Crippen molar-refractivity contribution in [3.8, 4) is 0 Å². The van der Waals surface area contributed by atoms with E-state index >= 15 is 0 Å². The Morgan fingerprint density at radius 1 is 1.21 bits per heavy atom. The van der Waals surface area contributed by atoms with Gasteiger partial charge in [-0.15, -0.1) is 0 Å². The van der Waals surface area contributed by atoms with Gasteiger partial charge in [0, 0.05) is 19.3 Å². The molecule has 0 unspecified atom stereocenters. The molecule has 0 atom stereocenters. The minimum Gasteiger partial charge on any atom is -0.355 e. The molecule has 1 aromatic carbocycles. The van der Waals surface area contributed by atoms with Crippen LogP contribution in [0, 0.1) is 5.41 Å². The summed E-state index contributed by atoms with van der Waals surface area (Å²) in [5.74, 6) is -0.450. The molecule has 0 bridgehead atoms. The molecule has 0 radical (unpaired) electrons. The van der Waals surface area contributed by atoms with Gasteiger partial charge in [0.1, 0.15) is 5.41 Å². The van der Waals surface area contributed by atoms with Crippen LogP contribution < -0.4 is 10.2 Å². The van der Waals surface area contributed by atoms with E-state index in [0.29, 0.717) is 6.54 Å². The summed E-state index contributed by atoms with van der Waals surface area (Å²) in [6, 6.07) is 9.31. The SMILES string of the molecule is CCCNC(=O)C(C)(C)C(=O)N(C)c1ccccc1. The lowest BCUT2D eigenvalue weighted by molar-refractivity contribution is -0.139. The fourth-order valence-corrected chi connectivity index (χ4v) is 1.74. The number of amides is 2. The minimum atomic E-state index is -1.07. The van der Waals surface area contributed by atoms with Crippen molar-refractivity contribution in [3.63, 3.8) is 0 Å². The highest BCUT2D eigenvalue weighted by atomic mass is 16.2. The zero-order valence-corrected chi connectivity index (χ0v) is 12.1. The molecule has 1 rings (SSSR count). The van der Waals surface area contributed by atoms with Gasteiger partial charge in [-0.1, -0.05) is 25.1 Å². The summed E-state index contributed by atoms with van der Waals surface area (Å²) < 4.78 is 0. The number of nitrogens with zero attached hydrogens (tertiary/aromatic N) is 1. The first-order valence-corrected chi connectivity index (χ1v) is 6.52. The van der Waals surface area contributed by atoms with E-state index in [1.165, 1.54) is 4.90 Å². The fraction of sp³-hybridized carbons (Fsp3) is 0.467. The number of benzene rings is 1. The van der Waals surface area contributed by atoms with Gasteiger partial charge in [-0.3, -0.25) is 9.59 Å². The Labute approximate surface area is 114 Å².